The van der Waals surface area contributed by atoms with E-state index in [-0.39, 0.29) is 11.5 Å². The average molecular weight is 495 g/mol. The topological polar surface area (TPSA) is 54.6 Å². The average Bonchev–Trinajstić information content (AvgIpc) is 2.86. The second kappa shape index (κ2) is 9.27. The van der Waals surface area contributed by atoms with E-state index in [2.05, 4.69) is 38.4 Å². The Hall–Kier alpha value is -3.96. The fourth-order valence-corrected chi connectivity index (χ4v) is 3.79. The SMILES string of the molecule is O=C(Nc1ccc(-c2ccccc2)cc1)c1cc2ccccc2oc1=Nc1ccc(Br)cc1. The van der Waals surface area contributed by atoms with Crippen molar-refractivity contribution in [2.45, 2.75) is 0 Å². The molecule has 1 aromatic heterocycles. The van der Waals surface area contributed by atoms with Gasteiger partial charge in [0.05, 0.1) is 5.69 Å². The summed E-state index contributed by atoms with van der Waals surface area (Å²) in [5, 5.41) is 3.80. The van der Waals surface area contributed by atoms with Crippen molar-refractivity contribution in [1.29, 1.82) is 0 Å². The lowest BCUT2D eigenvalue weighted by molar-refractivity contribution is 0.102. The Labute approximate surface area is 199 Å². The van der Waals surface area contributed by atoms with Crippen molar-refractivity contribution in [2.24, 2.45) is 4.99 Å². The van der Waals surface area contributed by atoms with Gasteiger partial charge in [0.2, 0.25) is 5.55 Å². The molecule has 0 aliphatic heterocycles. The molecule has 5 heteroatoms. The third-order valence-electron chi connectivity index (χ3n) is 5.21. The number of benzene rings is 4. The standard InChI is InChI=1S/C28H19BrN2O2/c29-22-12-16-24(17-13-22)31-28-25(18-21-8-4-5-9-26(21)33-28)27(32)30-23-14-10-20(11-15-23)19-6-2-1-3-7-19/h1-18H,(H,30,32). The summed E-state index contributed by atoms with van der Waals surface area (Å²) >= 11 is 3.43. The summed E-state index contributed by atoms with van der Waals surface area (Å²) in [7, 11) is 0. The Morgan fingerprint density at radius 1 is 0.758 bits per heavy atom. The third-order valence-corrected chi connectivity index (χ3v) is 5.74. The van der Waals surface area contributed by atoms with Crippen LogP contribution in [-0.2, 0) is 0 Å². The fourth-order valence-electron chi connectivity index (χ4n) is 3.52. The molecule has 0 radical (unpaired) electrons. The monoisotopic (exact) mass is 494 g/mol. The Kier molecular flexibility index (Phi) is 5.87. The van der Waals surface area contributed by atoms with Gasteiger partial charge in [-0.15, -0.1) is 0 Å². The Morgan fingerprint density at radius 2 is 1.42 bits per heavy atom. The van der Waals surface area contributed by atoms with E-state index in [1.54, 1.807) is 0 Å². The molecule has 160 valence electrons. The van der Waals surface area contributed by atoms with Crippen LogP contribution in [0.25, 0.3) is 22.1 Å². The predicted octanol–water partition coefficient (Wildman–Crippen LogP) is 7.35. The van der Waals surface area contributed by atoms with Crippen LogP contribution >= 0.6 is 15.9 Å². The van der Waals surface area contributed by atoms with E-state index in [9.17, 15) is 4.79 Å². The number of rotatable bonds is 4. The van der Waals surface area contributed by atoms with Crippen molar-refractivity contribution in [2.75, 3.05) is 5.32 Å². The van der Waals surface area contributed by atoms with Gasteiger partial charge in [-0.1, -0.05) is 76.6 Å². The van der Waals surface area contributed by atoms with Crippen LogP contribution in [0.4, 0.5) is 11.4 Å². The van der Waals surface area contributed by atoms with E-state index in [1.165, 1.54) is 0 Å². The van der Waals surface area contributed by atoms with Crippen molar-refractivity contribution >= 4 is 44.2 Å². The third kappa shape index (κ3) is 4.78. The summed E-state index contributed by atoms with van der Waals surface area (Å²) in [4.78, 5) is 17.8. The van der Waals surface area contributed by atoms with Crippen LogP contribution in [0, 0.1) is 0 Å². The van der Waals surface area contributed by atoms with Crippen molar-refractivity contribution in [1.82, 2.24) is 0 Å². The minimum absolute atomic E-state index is 0.259. The largest absolute Gasteiger partial charge is 0.438 e. The summed E-state index contributed by atoms with van der Waals surface area (Å²) in [5.41, 5.74) is 4.88. The molecule has 0 unspecified atom stereocenters. The Morgan fingerprint density at radius 3 is 2.18 bits per heavy atom. The van der Waals surface area contributed by atoms with Gasteiger partial charge < -0.3 is 9.73 Å². The second-order valence-corrected chi connectivity index (χ2v) is 8.40. The molecular weight excluding hydrogens is 476 g/mol. The van der Waals surface area contributed by atoms with Gasteiger partial charge in [0.1, 0.15) is 11.1 Å². The van der Waals surface area contributed by atoms with Crippen molar-refractivity contribution < 1.29 is 9.21 Å². The van der Waals surface area contributed by atoms with Crippen LogP contribution in [0.15, 0.2) is 123 Å². The number of fused-ring (bicyclic) bond motifs is 1. The number of carbonyl (C=O) groups excluding carboxylic acids is 1. The molecule has 1 heterocycles. The molecule has 1 amide bonds. The van der Waals surface area contributed by atoms with E-state index in [1.807, 2.05) is 97.1 Å². The number of nitrogens with one attached hydrogen (secondary N) is 1. The number of para-hydroxylation sites is 1. The van der Waals surface area contributed by atoms with Gasteiger partial charge in [-0.2, -0.15) is 0 Å². The van der Waals surface area contributed by atoms with E-state index >= 15 is 0 Å². The lowest BCUT2D eigenvalue weighted by atomic mass is 10.1. The smallest absolute Gasteiger partial charge is 0.261 e. The molecular formula is C28H19BrN2O2. The van der Waals surface area contributed by atoms with E-state index in [0.29, 0.717) is 22.5 Å². The van der Waals surface area contributed by atoms with Gasteiger partial charge in [0, 0.05) is 15.5 Å². The number of nitrogens with zero attached hydrogens (tertiary/aromatic N) is 1. The molecule has 0 aliphatic rings. The number of anilines is 1. The summed E-state index contributed by atoms with van der Waals surface area (Å²) in [6.45, 7) is 0. The van der Waals surface area contributed by atoms with Gasteiger partial charge in [-0.05, 0) is 59.7 Å². The molecule has 0 saturated heterocycles. The summed E-state index contributed by atoms with van der Waals surface area (Å²) in [6, 6.07) is 34.8. The van der Waals surface area contributed by atoms with E-state index in [4.69, 9.17) is 4.42 Å². The molecule has 0 fully saturated rings. The first-order valence-corrected chi connectivity index (χ1v) is 11.2. The molecule has 1 N–H and O–H groups in total. The number of hydrogen-bond donors (Lipinski definition) is 1. The Balaban J connectivity index is 1.50. The van der Waals surface area contributed by atoms with Crippen molar-refractivity contribution in [3.63, 3.8) is 0 Å². The molecule has 33 heavy (non-hydrogen) atoms. The minimum atomic E-state index is -0.284. The lowest BCUT2D eigenvalue weighted by Crippen LogP contribution is -2.21. The highest BCUT2D eigenvalue weighted by Crippen LogP contribution is 2.22. The maximum absolute atomic E-state index is 13.2. The van der Waals surface area contributed by atoms with E-state index < -0.39 is 0 Å². The molecule has 4 nitrogen and oxygen atoms in total. The zero-order chi connectivity index (χ0) is 22.6. The van der Waals surface area contributed by atoms with Crippen molar-refractivity contribution in [3.05, 3.63) is 125 Å². The highest BCUT2D eigenvalue weighted by Gasteiger charge is 2.13. The van der Waals surface area contributed by atoms with E-state index in [0.717, 1.165) is 21.0 Å². The maximum atomic E-state index is 13.2. The number of carbonyl (C=O) groups is 1. The first kappa shape index (κ1) is 20.9. The van der Waals surface area contributed by atoms with Crippen LogP contribution in [0.1, 0.15) is 10.4 Å². The number of amides is 1. The predicted molar refractivity (Wildman–Crippen MR) is 135 cm³/mol. The fraction of sp³-hybridized carbons (Fsp3) is 0. The first-order chi connectivity index (χ1) is 16.2. The molecule has 5 aromatic rings. The van der Waals surface area contributed by atoms with Crippen LogP contribution in [0.2, 0.25) is 0 Å². The Bertz CT molecular complexity index is 1490. The van der Waals surface area contributed by atoms with Crippen LogP contribution in [-0.4, -0.2) is 5.91 Å². The number of halogens is 1. The van der Waals surface area contributed by atoms with Gasteiger partial charge in [-0.3, -0.25) is 4.79 Å². The van der Waals surface area contributed by atoms with Crippen LogP contribution in [0.3, 0.4) is 0 Å². The van der Waals surface area contributed by atoms with Gasteiger partial charge >= 0.3 is 0 Å². The molecule has 0 spiro atoms. The highest BCUT2D eigenvalue weighted by atomic mass is 79.9. The first-order valence-electron chi connectivity index (χ1n) is 10.5. The maximum Gasteiger partial charge on any atom is 0.261 e. The zero-order valence-electron chi connectivity index (χ0n) is 17.5. The lowest BCUT2D eigenvalue weighted by Gasteiger charge is -2.08. The van der Waals surface area contributed by atoms with Gasteiger partial charge in [0.25, 0.3) is 5.91 Å². The minimum Gasteiger partial charge on any atom is -0.438 e. The second-order valence-electron chi connectivity index (χ2n) is 7.49. The molecule has 4 aromatic carbocycles. The highest BCUT2D eigenvalue weighted by molar-refractivity contribution is 9.10. The van der Waals surface area contributed by atoms with Crippen LogP contribution in [0.5, 0.6) is 0 Å². The molecule has 0 aliphatic carbocycles. The molecule has 5 rings (SSSR count). The summed E-state index contributed by atoms with van der Waals surface area (Å²) < 4.78 is 6.98. The van der Waals surface area contributed by atoms with Crippen LogP contribution < -0.4 is 10.9 Å². The van der Waals surface area contributed by atoms with Gasteiger partial charge in [0.15, 0.2) is 0 Å². The number of hydrogen-bond acceptors (Lipinski definition) is 3. The molecule has 0 saturated carbocycles. The summed E-state index contributed by atoms with van der Waals surface area (Å²) in [5.74, 6) is -0.284. The van der Waals surface area contributed by atoms with Crippen molar-refractivity contribution in [3.8, 4) is 11.1 Å². The zero-order valence-corrected chi connectivity index (χ0v) is 19.1. The molecule has 0 atom stereocenters. The summed E-state index contributed by atoms with van der Waals surface area (Å²) in [6.07, 6.45) is 0. The van der Waals surface area contributed by atoms with Gasteiger partial charge in [-0.25, -0.2) is 4.99 Å². The normalized spacial score (nSPS) is 11.5. The molecule has 0 bridgehead atoms. The quantitative estimate of drug-likeness (QED) is 0.284.